The number of nitrogens with zero attached hydrogens (tertiary/aromatic N) is 1. The molecule has 1 atom stereocenters. The zero-order valence-electron chi connectivity index (χ0n) is 39.7. The van der Waals surface area contributed by atoms with E-state index in [9.17, 15) is 48.3 Å². The molecule has 0 spiro atoms. The van der Waals surface area contributed by atoms with Crippen LogP contribution in [0.25, 0.3) is 0 Å². The number of hydrogen-bond donors (Lipinski definition) is 6. The second-order valence-electron chi connectivity index (χ2n) is 15.9. The van der Waals surface area contributed by atoms with Crippen molar-refractivity contribution in [3.05, 3.63) is 0 Å². The van der Waals surface area contributed by atoms with Gasteiger partial charge in [0.1, 0.15) is 25.9 Å². The van der Waals surface area contributed by atoms with E-state index in [1.165, 1.54) is 38.5 Å². The molecule has 1 fully saturated rings. The fourth-order valence-electron chi connectivity index (χ4n) is 6.39. The predicted octanol–water partition coefficient (Wildman–Crippen LogP) is 1.72. The van der Waals surface area contributed by atoms with Crippen LogP contribution >= 0.6 is 0 Å². The third-order valence-electron chi connectivity index (χ3n) is 10.0. The summed E-state index contributed by atoms with van der Waals surface area (Å²) in [6.45, 7) is 1.25. The third-order valence-corrected chi connectivity index (χ3v) is 10.0. The molecule has 0 aromatic heterocycles. The minimum Gasteiger partial charge on any atom is -0.481 e. The molecule has 23 heteroatoms. The van der Waals surface area contributed by atoms with Gasteiger partial charge >= 0.3 is 17.9 Å². The van der Waals surface area contributed by atoms with Crippen LogP contribution in [0.4, 0.5) is 0 Å². The average molecular weight is 976 g/mol. The molecule has 390 valence electrons. The Balaban J connectivity index is 1.87. The number of carbonyl (C=O) groups is 9. The summed E-state index contributed by atoms with van der Waals surface area (Å²) in [6, 6.07) is -1.15. The van der Waals surface area contributed by atoms with Gasteiger partial charge in [-0.25, -0.2) is 9.59 Å². The number of nitrogens with one attached hydrogen (secondary N) is 4. The first kappa shape index (κ1) is 61.2. The van der Waals surface area contributed by atoms with E-state index >= 15 is 0 Å². The van der Waals surface area contributed by atoms with E-state index < -0.39 is 42.4 Å². The van der Waals surface area contributed by atoms with Crippen molar-refractivity contribution >= 4 is 53.4 Å². The Hall–Kier alpha value is -4.81. The summed E-state index contributed by atoms with van der Waals surface area (Å²) in [4.78, 5) is 110. The van der Waals surface area contributed by atoms with Gasteiger partial charge in [0.15, 0.2) is 0 Å². The minimum absolute atomic E-state index is 0.000276. The van der Waals surface area contributed by atoms with Crippen LogP contribution in [-0.4, -0.2) is 174 Å². The monoisotopic (exact) mass is 976 g/mol. The lowest BCUT2D eigenvalue weighted by Crippen LogP contribution is -2.41. The van der Waals surface area contributed by atoms with Gasteiger partial charge in [-0.1, -0.05) is 77.0 Å². The molecule has 0 aromatic rings. The van der Waals surface area contributed by atoms with Crippen molar-refractivity contribution < 1.29 is 86.6 Å². The summed E-state index contributed by atoms with van der Waals surface area (Å²) in [7, 11) is 0. The molecule has 0 aliphatic carbocycles. The lowest BCUT2D eigenvalue weighted by molar-refractivity contribution is -0.200. The van der Waals surface area contributed by atoms with Crippen molar-refractivity contribution in [1.82, 2.24) is 26.3 Å². The Morgan fingerprint density at radius 1 is 0.456 bits per heavy atom. The van der Waals surface area contributed by atoms with Gasteiger partial charge in [0.25, 0.3) is 11.8 Å². The number of aliphatic carboxylic acids is 2. The van der Waals surface area contributed by atoms with Crippen LogP contribution in [0.1, 0.15) is 128 Å². The number of rotatable bonds is 47. The maximum Gasteiger partial charge on any atom is 0.358 e. The van der Waals surface area contributed by atoms with Gasteiger partial charge in [-0.3, -0.25) is 33.6 Å². The van der Waals surface area contributed by atoms with Crippen molar-refractivity contribution in [2.45, 2.75) is 134 Å². The van der Waals surface area contributed by atoms with Gasteiger partial charge in [0.2, 0.25) is 23.6 Å². The first-order valence-corrected chi connectivity index (χ1v) is 24.0. The lowest BCUT2D eigenvalue weighted by atomic mass is 10.0. The zero-order chi connectivity index (χ0) is 49.9. The van der Waals surface area contributed by atoms with Crippen molar-refractivity contribution in [3.63, 3.8) is 0 Å². The number of hydrogen-bond acceptors (Lipinski definition) is 16. The zero-order valence-corrected chi connectivity index (χ0v) is 39.7. The smallest absolute Gasteiger partial charge is 0.358 e. The van der Waals surface area contributed by atoms with Gasteiger partial charge in [-0.2, -0.15) is 0 Å². The Kier molecular flexibility index (Phi) is 38.1. The van der Waals surface area contributed by atoms with Crippen molar-refractivity contribution in [2.75, 3.05) is 98.9 Å². The van der Waals surface area contributed by atoms with Crippen LogP contribution in [0.2, 0.25) is 0 Å². The van der Waals surface area contributed by atoms with E-state index in [1.807, 2.05) is 0 Å². The van der Waals surface area contributed by atoms with Crippen molar-refractivity contribution in [2.24, 2.45) is 0 Å². The molecular weight excluding hydrogens is 899 g/mol. The number of imide groups is 1. The summed E-state index contributed by atoms with van der Waals surface area (Å²) in [6.07, 6.45) is 15.3. The number of carboxylic acid groups (broad SMARTS) is 2. The molecule has 0 radical (unpaired) electrons. The molecule has 0 unspecified atom stereocenters. The van der Waals surface area contributed by atoms with Gasteiger partial charge in [-0.15, -0.1) is 5.06 Å². The molecule has 6 amide bonds. The van der Waals surface area contributed by atoms with Crippen LogP contribution in [0.15, 0.2) is 0 Å². The van der Waals surface area contributed by atoms with Crippen LogP contribution in [0, 0.1) is 0 Å². The first-order chi connectivity index (χ1) is 32.9. The highest BCUT2D eigenvalue weighted by Gasteiger charge is 2.32. The largest absolute Gasteiger partial charge is 0.481 e. The van der Waals surface area contributed by atoms with Gasteiger partial charge in [0, 0.05) is 51.7 Å². The number of carboxylic acids is 2. The predicted molar refractivity (Wildman–Crippen MR) is 241 cm³/mol. The third kappa shape index (κ3) is 37.2. The number of carbonyl (C=O) groups excluding carboxylic acids is 7. The number of hydroxylamine groups is 2. The van der Waals surface area contributed by atoms with Crippen LogP contribution < -0.4 is 21.3 Å². The van der Waals surface area contributed by atoms with E-state index in [0.29, 0.717) is 11.5 Å². The van der Waals surface area contributed by atoms with Crippen LogP contribution in [0.5, 0.6) is 0 Å². The molecule has 1 aliphatic rings. The lowest BCUT2D eigenvalue weighted by Gasteiger charge is -2.14. The Morgan fingerprint density at radius 2 is 0.838 bits per heavy atom. The summed E-state index contributed by atoms with van der Waals surface area (Å²) >= 11 is 0. The quantitative estimate of drug-likeness (QED) is 0.0374. The molecule has 0 bridgehead atoms. The van der Waals surface area contributed by atoms with Gasteiger partial charge in [-0.05, 0) is 19.3 Å². The first-order valence-electron chi connectivity index (χ1n) is 24.0. The topological polar surface area (TPSA) is 310 Å². The highest BCUT2D eigenvalue weighted by molar-refractivity contribution is 6.01. The normalized spacial score (nSPS) is 12.7. The summed E-state index contributed by atoms with van der Waals surface area (Å²) in [5.41, 5.74) is 0. The highest BCUT2D eigenvalue weighted by atomic mass is 16.7. The van der Waals surface area contributed by atoms with Crippen molar-refractivity contribution in [3.8, 4) is 0 Å². The SMILES string of the molecule is O=C(O)CCCCCCCCCCCCCCCCC(=O)N[C@@H](CCC(=O)NCCOCCOCC(=O)NCCOCCOCC(=O)NCCOCCOCC(=O)ON1C(=O)CCC1=O)C(=O)O. The van der Waals surface area contributed by atoms with E-state index in [2.05, 4.69) is 26.1 Å². The molecule has 23 nitrogen and oxygen atoms in total. The molecule has 1 aliphatic heterocycles. The fourth-order valence-corrected chi connectivity index (χ4v) is 6.39. The highest BCUT2D eigenvalue weighted by Crippen LogP contribution is 2.14. The summed E-state index contributed by atoms with van der Waals surface area (Å²) < 4.78 is 31.6. The minimum atomic E-state index is -1.20. The van der Waals surface area contributed by atoms with E-state index in [1.54, 1.807) is 0 Å². The van der Waals surface area contributed by atoms with Crippen molar-refractivity contribution in [1.29, 1.82) is 0 Å². The second-order valence-corrected chi connectivity index (χ2v) is 15.9. The summed E-state index contributed by atoms with van der Waals surface area (Å²) in [5.74, 6) is -5.37. The second kappa shape index (κ2) is 42.3. The standard InChI is InChI=1S/C45H77N5O18/c51-37(18-17-36(45(60)61)49-38(52)15-13-11-9-7-5-3-1-2-4-6-8-10-12-14-16-43(57)58)46-21-24-62-27-30-65-33-39(53)47-22-25-63-28-31-66-34-40(54)48-23-26-64-29-32-67-35-44(59)68-50-41(55)19-20-42(50)56/h36H,1-35H2,(H,46,51)(H,47,53)(H,48,54)(H,49,52)(H,57,58)(H,60,61)/t36-/m0/s1. The summed E-state index contributed by atoms with van der Waals surface area (Å²) in [5, 5.41) is 29.0. The molecule has 1 heterocycles. The fraction of sp³-hybridized carbons (Fsp3) is 0.800. The Labute approximate surface area is 399 Å². The van der Waals surface area contributed by atoms with E-state index in [4.69, 9.17) is 33.5 Å². The van der Waals surface area contributed by atoms with Crippen LogP contribution in [0.3, 0.4) is 0 Å². The van der Waals surface area contributed by atoms with E-state index in [0.717, 1.165) is 44.9 Å². The molecule has 0 aromatic carbocycles. The molecule has 0 saturated carbocycles. The molecule has 1 rings (SSSR count). The van der Waals surface area contributed by atoms with E-state index in [-0.39, 0.29) is 154 Å². The Bertz CT molecular complexity index is 1450. The average Bonchev–Trinajstić information content (AvgIpc) is 3.61. The molecular formula is C45H77N5O18. The molecule has 1 saturated heterocycles. The molecule has 68 heavy (non-hydrogen) atoms. The molecule has 6 N–H and O–H groups in total. The van der Waals surface area contributed by atoms with Gasteiger partial charge < -0.3 is 64.7 Å². The number of amides is 6. The number of ether oxygens (including phenoxy) is 6. The maximum absolute atomic E-state index is 12.3. The Morgan fingerprint density at radius 3 is 1.26 bits per heavy atom. The van der Waals surface area contributed by atoms with Gasteiger partial charge in [0.05, 0.1) is 59.5 Å². The number of unbranched alkanes of at least 4 members (excludes halogenated alkanes) is 13. The maximum atomic E-state index is 12.3. The van der Waals surface area contributed by atoms with Crippen LogP contribution in [-0.2, 0) is 76.4 Å².